The minimum Gasteiger partial charge on any atom is -0.464 e. The second-order valence-electron chi connectivity index (χ2n) is 3.95. The Morgan fingerprint density at radius 2 is 2.12 bits per heavy atom. The van der Waals surface area contributed by atoms with Crippen LogP contribution in [-0.2, 0) is 11.2 Å². The molecule has 16 heavy (non-hydrogen) atoms. The number of fused-ring (bicyclic) bond motifs is 1. The molecule has 0 saturated heterocycles. The van der Waals surface area contributed by atoms with Crippen molar-refractivity contribution in [2.24, 2.45) is 0 Å². The summed E-state index contributed by atoms with van der Waals surface area (Å²) < 4.78 is 5.44. The first-order chi connectivity index (χ1) is 7.68. The molecule has 3 heteroatoms. The molecule has 0 spiro atoms. The number of furan rings is 1. The van der Waals surface area contributed by atoms with Crippen LogP contribution in [0.4, 0.5) is 0 Å². The van der Waals surface area contributed by atoms with Crippen molar-refractivity contribution in [1.82, 2.24) is 4.90 Å². The second kappa shape index (κ2) is 4.39. The van der Waals surface area contributed by atoms with Crippen LogP contribution in [0.1, 0.15) is 12.5 Å². The van der Waals surface area contributed by atoms with Gasteiger partial charge in [0.1, 0.15) is 5.58 Å². The van der Waals surface area contributed by atoms with Gasteiger partial charge in [-0.1, -0.05) is 18.2 Å². The zero-order valence-electron chi connectivity index (χ0n) is 9.56. The summed E-state index contributed by atoms with van der Waals surface area (Å²) >= 11 is 0. The van der Waals surface area contributed by atoms with Gasteiger partial charge in [-0.25, -0.2) is 0 Å². The first-order valence-corrected chi connectivity index (χ1v) is 5.35. The van der Waals surface area contributed by atoms with Crippen LogP contribution < -0.4 is 0 Å². The van der Waals surface area contributed by atoms with E-state index < -0.39 is 0 Å². The number of benzene rings is 1. The third-order valence-electron chi connectivity index (χ3n) is 2.82. The van der Waals surface area contributed by atoms with Gasteiger partial charge in [-0.2, -0.15) is 0 Å². The lowest BCUT2D eigenvalue weighted by Crippen LogP contribution is -2.25. The maximum absolute atomic E-state index is 11.1. The largest absolute Gasteiger partial charge is 0.464 e. The van der Waals surface area contributed by atoms with E-state index in [2.05, 4.69) is 0 Å². The molecule has 1 amide bonds. The number of carbonyl (C=O) groups is 1. The molecule has 0 aliphatic heterocycles. The molecule has 0 atom stereocenters. The molecular formula is C13H15NO2. The first-order valence-electron chi connectivity index (χ1n) is 5.35. The highest BCUT2D eigenvalue weighted by Crippen LogP contribution is 2.20. The van der Waals surface area contributed by atoms with E-state index in [1.807, 2.05) is 31.3 Å². The Balaban J connectivity index is 2.13. The number of rotatable bonds is 3. The molecule has 84 valence electrons. The molecule has 0 radical (unpaired) electrons. The number of para-hydroxylation sites is 1. The van der Waals surface area contributed by atoms with Crippen molar-refractivity contribution < 1.29 is 9.21 Å². The summed E-state index contributed by atoms with van der Waals surface area (Å²) in [7, 11) is 1.81. The fourth-order valence-corrected chi connectivity index (χ4v) is 1.67. The van der Waals surface area contributed by atoms with E-state index in [0.29, 0.717) is 0 Å². The summed E-state index contributed by atoms with van der Waals surface area (Å²) in [5, 5.41) is 1.14. The third kappa shape index (κ3) is 2.08. The number of nitrogens with zero attached hydrogens (tertiary/aromatic N) is 1. The number of hydrogen-bond acceptors (Lipinski definition) is 2. The van der Waals surface area contributed by atoms with Gasteiger partial charge in [0.2, 0.25) is 5.91 Å². The van der Waals surface area contributed by atoms with Gasteiger partial charge in [0.15, 0.2) is 0 Å². The van der Waals surface area contributed by atoms with Gasteiger partial charge in [-0.3, -0.25) is 4.79 Å². The summed E-state index contributed by atoms with van der Waals surface area (Å²) in [5.41, 5.74) is 2.06. The van der Waals surface area contributed by atoms with Gasteiger partial charge in [-0.05, 0) is 18.1 Å². The highest BCUT2D eigenvalue weighted by atomic mass is 16.3. The van der Waals surface area contributed by atoms with Crippen molar-refractivity contribution in [2.75, 3.05) is 13.6 Å². The molecule has 0 saturated carbocycles. The van der Waals surface area contributed by atoms with Gasteiger partial charge in [0.05, 0.1) is 6.26 Å². The van der Waals surface area contributed by atoms with Crippen LogP contribution in [0.3, 0.4) is 0 Å². The Hall–Kier alpha value is -1.77. The molecule has 1 heterocycles. The molecule has 3 nitrogen and oxygen atoms in total. The minimum absolute atomic E-state index is 0.0906. The van der Waals surface area contributed by atoms with Crippen molar-refractivity contribution in [3.05, 3.63) is 36.1 Å². The van der Waals surface area contributed by atoms with E-state index in [-0.39, 0.29) is 5.91 Å². The Labute approximate surface area is 94.7 Å². The van der Waals surface area contributed by atoms with Crippen molar-refractivity contribution in [1.29, 1.82) is 0 Å². The summed E-state index contributed by atoms with van der Waals surface area (Å²) in [6.07, 6.45) is 2.60. The Bertz CT molecular complexity index is 501. The van der Waals surface area contributed by atoms with Crippen LogP contribution in [0.5, 0.6) is 0 Å². The van der Waals surface area contributed by atoms with Crippen molar-refractivity contribution in [2.45, 2.75) is 13.3 Å². The van der Waals surface area contributed by atoms with Crippen LogP contribution in [0.15, 0.2) is 34.9 Å². The smallest absolute Gasteiger partial charge is 0.219 e. The highest BCUT2D eigenvalue weighted by molar-refractivity contribution is 5.81. The molecule has 0 bridgehead atoms. The molecule has 2 aromatic rings. The zero-order chi connectivity index (χ0) is 11.5. The Kier molecular flexibility index (Phi) is 2.95. The van der Waals surface area contributed by atoms with E-state index >= 15 is 0 Å². The van der Waals surface area contributed by atoms with Gasteiger partial charge in [0.25, 0.3) is 0 Å². The lowest BCUT2D eigenvalue weighted by Gasteiger charge is -2.13. The summed E-state index contributed by atoms with van der Waals surface area (Å²) in [6, 6.07) is 7.95. The van der Waals surface area contributed by atoms with Crippen LogP contribution >= 0.6 is 0 Å². The summed E-state index contributed by atoms with van der Waals surface area (Å²) in [6.45, 7) is 2.30. The van der Waals surface area contributed by atoms with Gasteiger partial charge in [0, 0.05) is 25.9 Å². The third-order valence-corrected chi connectivity index (χ3v) is 2.82. The van der Waals surface area contributed by atoms with Crippen molar-refractivity contribution >= 4 is 16.9 Å². The fourth-order valence-electron chi connectivity index (χ4n) is 1.67. The van der Waals surface area contributed by atoms with Gasteiger partial charge >= 0.3 is 0 Å². The lowest BCUT2D eigenvalue weighted by molar-refractivity contribution is -0.127. The zero-order valence-corrected chi connectivity index (χ0v) is 9.56. The second-order valence-corrected chi connectivity index (χ2v) is 3.95. The van der Waals surface area contributed by atoms with E-state index in [0.717, 1.165) is 29.5 Å². The van der Waals surface area contributed by atoms with Crippen LogP contribution in [0.25, 0.3) is 11.0 Å². The Morgan fingerprint density at radius 1 is 1.38 bits per heavy atom. The maximum Gasteiger partial charge on any atom is 0.219 e. The van der Waals surface area contributed by atoms with Crippen LogP contribution in [-0.4, -0.2) is 24.4 Å². The lowest BCUT2D eigenvalue weighted by atomic mass is 10.1. The predicted octanol–water partition coefficient (Wildman–Crippen LogP) is 2.45. The van der Waals surface area contributed by atoms with Gasteiger partial charge in [-0.15, -0.1) is 0 Å². The monoisotopic (exact) mass is 217 g/mol. The SMILES string of the molecule is CC(=O)N(C)CCc1coc2ccccc12. The van der Waals surface area contributed by atoms with Crippen molar-refractivity contribution in [3.8, 4) is 0 Å². The first kappa shape index (κ1) is 10.7. The molecule has 0 aliphatic carbocycles. The number of hydrogen-bond donors (Lipinski definition) is 0. The maximum atomic E-state index is 11.1. The highest BCUT2D eigenvalue weighted by Gasteiger charge is 2.07. The van der Waals surface area contributed by atoms with Crippen LogP contribution in [0.2, 0.25) is 0 Å². The standard InChI is InChI=1S/C13H15NO2/c1-10(15)14(2)8-7-11-9-16-13-6-4-3-5-12(11)13/h3-6,9H,7-8H2,1-2H3. The average molecular weight is 217 g/mol. The van der Waals surface area contributed by atoms with E-state index in [4.69, 9.17) is 4.42 Å². The summed E-state index contributed by atoms with van der Waals surface area (Å²) in [4.78, 5) is 12.8. The number of amides is 1. The normalized spacial score (nSPS) is 10.6. The molecule has 0 aliphatic rings. The molecular weight excluding hydrogens is 202 g/mol. The molecule has 1 aromatic heterocycles. The van der Waals surface area contributed by atoms with E-state index in [1.54, 1.807) is 18.1 Å². The van der Waals surface area contributed by atoms with E-state index in [1.165, 1.54) is 0 Å². The average Bonchev–Trinajstić information content (AvgIpc) is 2.69. The number of carbonyl (C=O) groups excluding carboxylic acids is 1. The number of likely N-dealkylation sites (N-methyl/N-ethyl adjacent to an activating group) is 1. The minimum atomic E-state index is 0.0906. The van der Waals surface area contributed by atoms with Gasteiger partial charge < -0.3 is 9.32 Å². The molecule has 1 aromatic carbocycles. The molecule has 2 rings (SSSR count). The van der Waals surface area contributed by atoms with E-state index in [9.17, 15) is 4.79 Å². The van der Waals surface area contributed by atoms with Crippen molar-refractivity contribution in [3.63, 3.8) is 0 Å². The Morgan fingerprint density at radius 3 is 2.88 bits per heavy atom. The molecule has 0 N–H and O–H groups in total. The summed E-state index contributed by atoms with van der Waals surface area (Å²) in [5.74, 6) is 0.0906. The topological polar surface area (TPSA) is 33.5 Å². The fraction of sp³-hybridized carbons (Fsp3) is 0.308. The molecule has 0 fully saturated rings. The van der Waals surface area contributed by atoms with Crippen LogP contribution in [0, 0.1) is 0 Å². The predicted molar refractivity (Wildman–Crippen MR) is 63.2 cm³/mol. The molecule has 0 unspecified atom stereocenters. The quantitative estimate of drug-likeness (QED) is 0.791.